The molecule has 0 aliphatic heterocycles. The zero-order valence-corrected chi connectivity index (χ0v) is 9.83. The minimum Gasteiger partial charge on any atom is -0.466 e. The summed E-state index contributed by atoms with van der Waals surface area (Å²) in [5.41, 5.74) is 7.57. The molecule has 2 aromatic rings. The molecule has 0 aliphatic carbocycles. The number of hydrogen-bond acceptors (Lipinski definition) is 4. The second-order valence-electron chi connectivity index (χ2n) is 3.87. The highest BCUT2D eigenvalue weighted by Gasteiger charge is 2.16. The summed E-state index contributed by atoms with van der Waals surface area (Å²) in [7, 11) is 0. The summed E-state index contributed by atoms with van der Waals surface area (Å²) < 4.78 is 11.2. The molecule has 0 atom stereocenters. The van der Waals surface area contributed by atoms with Gasteiger partial charge in [0, 0.05) is 18.5 Å². The zero-order valence-electron chi connectivity index (χ0n) is 9.83. The average molecular weight is 220 g/mol. The highest BCUT2D eigenvalue weighted by Crippen LogP contribution is 2.31. The van der Waals surface area contributed by atoms with Gasteiger partial charge in [-0.3, -0.25) is 0 Å². The standard InChI is InChI=1S/C12H16N2O2/c1-7-8(2)15-9(3)12(7)10-6-14-11(16-10)4-5-13/h6H,4-5,13H2,1-3H3. The van der Waals surface area contributed by atoms with Crippen LogP contribution >= 0.6 is 0 Å². The van der Waals surface area contributed by atoms with Gasteiger partial charge in [0.2, 0.25) is 0 Å². The number of aryl methyl sites for hydroxylation is 2. The van der Waals surface area contributed by atoms with Crippen LogP contribution in [-0.4, -0.2) is 11.5 Å². The fourth-order valence-electron chi connectivity index (χ4n) is 1.82. The number of oxazole rings is 1. The second-order valence-corrected chi connectivity index (χ2v) is 3.87. The Balaban J connectivity index is 2.42. The van der Waals surface area contributed by atoms with Gasteiger partial charge in [-0.2, -0.15) is 0 Å². The first-order valence-corrected chi connectivity index (χ1v) is 5.35. The Labute approximate surface area is 94.5 Å². The molecular weight excluding hydrogens is 204 g/mol. The largest absolute Gasteiger partial charge is 0.466 e. The minimum atomic E-state index is 0.544. The molecule has 16 heavy (non-hydrogen) atoms. The molecule has 0 saturated heterocycles. The topological polar surface area (TPSA) is 65.2 Å². The highest BCUT2D eigenvalue weighted by molar-refractivity contribution is 5.64. The van der Waals surface area contributed by atoms with Crippen molar-refractivity contribution in [2.75, 3.05) is 6.54 Å². The molecule has 2 N–H and O–H groups in total. The van der Waals surface area contributed by atoms with Crippen LogP contribution in [0.3, 0.4) is 0 Å². The molecule has 0 aliphatic rings. The molecule has 2 rings (SSSR count). The lowest BCUT2D eigenvalue weighted by Gasteiger charge is -1.95. The van der Waals surface area contributed by atoms with Crippen molar-refractivity contribution in [3.05, 3.63) is 29.2 Å². The predicted octanol–water partition coefficient (Wildman–Crippen LogP) is 2.36. The van der Waals surface area contributed by atoms with Gasteiger partial charge < -0.3 is 14.6 Å². The first kappa shape index (κ1) is 11.0. The molecule has 0 bridgehead atoms. The highest BCUT2D eigenvalue weighted by atomic mass is 16.4. The van der Waals surface area contributed by atoms with Crippen LogP contribution in [-0.2, 0) is 6.42 Å². The van der Waals surface area contributed by atoms with Gasteiger partial charge in [-0.1, -0.05) is 0 Å². The monoisotopic (exact) mass is 220 g/mol. The van der Waals surface area contributed by atoms with Gasteiger partial charge in [0.05, 0.1) is 11.8 Å². The summed E-state index contributed by atoms with van der Waals surface area (Å²) in [5.74, 6) is 3.22. The van der Waals surface area contributed by atoms with E-state index in [1.807, 2.05) is 20.8 Å². The molecule has 2 aromatic heterocycles. The summed E-state index contributed by atoms with van der Waals surface area (Å²) in [5, 5.41) is 0. The average Bonchev–Trinajstić information content (AvgIpc) is 2.75. The van der Waals surface area contributed by atoms with E-state index < -0.39 is 0 Å². The molecule has 0 aromatic carbocycles. The van der Waals surface area contributed by atoms with E-state index in [1.54, 1.807) is 6.20 Å². The third kappa shape index (κ3) is 1.76. The molecule has 0 saturated carbocycles. The fraction of sp³-hybridized carbons (Fsp3) is 0.417. The van der Waals surface area contributed by atoms with Crippen molar-refractivity contribution in [2.45, 2.75) is 27.2 Å². The van der Waals surface area contributed by atoms with Crippen LogP contribution in [0.5, 0.6) is 0 Å². The molecule has 0 spiro atoms. The zero-order chi connectivity index (χ0) is 11.7. The molecule has 4 nitrogen and oxygen atoms in total. The van der Waals surface area contributed by atoms with Crippen molar-refractivity contribution in [2.24, 2.45) is 5.73 Å². The molecule has 2 heterocycles. The summed E-state index contributed by atoms with van der Waals surface area (Å²) >= 11 is 0. The smallest absolute Gasteiger partial charge is 0.196 e. The van der Waals surface area contributed by atoms with Crippen LogP contribution in [0.25, 0.3) is 11.3 Å². The quantitative estimate of drug-likeness (QED) is 0.862. The number of nitrogens with two attached hydrogens (primary N) is 1. The Morgan fingerprint density at radius 1 is 1.19 bits per heavy atom. The van der Waals surface area contributed by atoms with Crippen molar-refractivity contribution in [3.63, 3.8) is 0 Å². The van der Waals surface area contributed by atoms with Crippen molar-refractivity contribution < 1.29 is 8.83 Å². The van der Waals surface area contributed by atoms with Crippen molar-refractivity contribution in [1.29, 1.82) is 0 Å². The first-order chi connectivity index (χ1) is 7.63. The number of aromatic nitrogens is 1. The van der Waals surface area contributed by atoms with E-state index in [0.717, 1.165) is 28.4 Å². The summed E-state index contributed by atoms with van der Waals surface area (Å²) in [6.07, 6.45) is 2.39. The van der Waals surface area contributed by atoms with E-state index in [0.29, 0.717) is 18.9 Å². The van der Waals surface area contributed by atoms with Gasteiger partial charge in [-0.25, -0.2) is 4.98 Å². The maximum absolute atomic E-state index is 5.63. The number of rotatable bonds is 3. The van der Waals surface area contributed by atoms with E-state index in [4.69, 9.17) is 14.6 Å². The Hall–Kier alpha value is -1.55. The molecule has 0 amide bonds. The third-order valence-electron chi connectivity index (χ3n) is 2.72. The van der Waals surface area contributed by atoms with Crippen LogP contribution in [0.1, 0.15) is 23.0 Å². The molecule has 4 heteroatoms. The molecule has 0 fully saturated rings. The third-order valence-corrected chi connectivity index (χ3v) is 2.72. The van der Waals surface area contributed by atoms with Gasteiger partial charge in [0.25, 0.3) is 0 Å². The second kappa shape index (κ2) is 4.14. The number of furan rings is 1. The normalized spacial score (nSPS) is 11.0. The Morgan fingerprint density at radius 3 is 2.50 bits per heavy atom. The lowest BCUT2D eigenvalue weighted by Crippen LogP contribution is -2.02. The molecule has 0 radical (unpaired) electrons. The Bertz CT molecular complexity index is 497. The van der Waals surface area contributed by atoms with Crippen LogP contribution < -0.4 is 5.73 Å². The van der Waals surface area contributed by atoms with Crippen LogP contribution in [0.2, 0.25) is 0 Å². The lowest BCUT2D eigenvalue weighted by molar-refractivity contribution is 0.494. The van der Waals surface area contributed by atoms with Crippen LogP contribution in [0.4, 0.5) is 0 Å². The van der Waals surface area contributed by atoms with E-state index in [9.17, 15) is 0 Å². The van der Waals surface area contributed by atoms with Gasteiger partial charge in [0.15, 0.2) is 11.7 Å². The van der Waals surface area contributed by atoms with E-state index >= 15 is 0 Å². The van der Waals surface area contributed by atoms with Crippen molar-refractivity contribution in [1.82, 2.24) is 4.98 Å². The fourth-order valence-corrected chi connectivity index (χ4v) is 1.82. The minimum absolute atomic E-state index is 0.544. The van der Waals surface area contributed by atoms with Crippen LogP contribution in [0, 0.1) is 20.8 Å². The lowest BCUT2D eigenvalue weighted by atomic mass is 10.1. The SMILES string of the molecule is Cc1oc(C)c(-c2cnc(CCN)o2)c1C. The molecular formula is C12H16N2O2. The summed E-state index contributed by atoms with van der Waals surface area (Å²) in [6.45, 7) is 6.44. The first-order valence-electron chi connectivity index (χ1n) is 5.35. The van der Waals surface area contributed by atoms with Crippen molar-refractivity contribution in [3.8, 4) is 11.3 Å². The van der Waals surface area contributed by atoms with Gasteiger partial charge in [0.1, 0.15) is 11.5 Å². The van der Waals surface area contributed by atoms with Gasteiger partial charge >= 0.3 is 0 Å². The van der Waals surface area contributed by atoms with Crippen molar-refractivity contribution >= 4 is 0 Å². The summed E-state index contributed by atoms with van der Waals surface area (Å²) in [4.78, 5) is 4.19. The Morgan fingerprint density at radius 2 is 1.94 bits per heavy atom. The predicted molar refractivity (Wildman–Crippen MR) is 61.2 cm³/mol. The van der Waals surface area contributed by atoms with E-state index in [-0.39, 0.29) is 0 Å². The maximum Gasteiger partial charge on any atom is 0.196 e. The molecule has 0 unspecified atom stereocenters. The Kier molecular flexibility index (Phi) is 2.83. The van der Waals surface area contributed by atoms with E-state index in [1.165, 1.54) is 0 Å². The van der Waals surface area contributed by atoms with Gasteiger partial charge in [-0.15, -0.1) is 0 Å². The number of hydrogen-bond donors (Lipinski definition) is 1. The molecule has 86 valence electrons. The van der Waals surface area contributed by atoms with Gasteiger partial charge in [-0.05, 0) is 20.8 Å². The maximum atomic E-state index is 5.63. The van der Waals surface area contributed by atoms with Crippen LogP contribution in [0.15, 0.2) is 15.0 Å². The van der Waals surface area contributed by atoms with E-state index in [2.05, 4.69) is 4.98 Å². The number of nitrogens with zero attached hydrogens (tertiary/aromatic N) is 1. The summed E-state index contributed by atoms with van der Waals surface area (Å²) in [6, 6.07) is 0.